The van der Waals surface area contributed by atoms with Crippen molar-refractivity contribution in [1.82, 2.24) is 9.88 Å². The smallest absolute Gasteiger partial charge is 0.345 e. The minimum absolute atomic E-state index is 0.397. The first-order chi connectivity index (χ1) is 15.1. The Morgan fingerprint density at radius 1 is 1.10 bits per heavy atom. The van der Waals surface area contributed by atoms with Gasteiger partial charge in [0.2, 0.25) is 0 Å². The van der Waals surface area contributed by atoms with Crippen LogP contribution in [0.1, 0.15) is 24.0 Å². The zero-order chi connectivity index (χ0) is 21.4. The number of nitrogens with one attached hydrogen (secondary N) is 1. The average molecular weight is 412 g/mol. The summed E-state index contributed by atoms with van der Waals surface area (Å²) in [5, 5.41) is 10.9. The molecule has 6 heteroatoms. The number of nitrogens with two attached hydrogens (primary N) is 1. The van der Waals surface area contributed by atoms with Crippen molar-refractivity contribution in [2.45, 2.75) is 19.4 Å². The van der Waals surface area contributed by atoms with E-state index in [0.29, 0.717) is 28.3 Å². The van der Waals surface area contributed by atoms with Crippen LogP contribution in [-0.2, 0) is 6.54 Å². The number of benzene rings is 2. The number of rotatable bonds is 4. The normalized spacial score (nSPS) is 15.5. The third kappa shape index (κ3) is 3.86. The van der Waals surface area contributed by atoms with Crippen LogP contribution in [0.5, 0.6) is 0 Å². The van der Waals surface area contributed by atoms with Crippen molar-refractivity contribution in [3.63, 3.8) is 0 Å². The van der Waals surface area contributed by atoms with E-state index in [2.05, 4.69) is 34.2 Å². The molecule has 1 aliphatic heterocycles. The van der Waals surface area contributed by atoms with E-state index < -0.39 is 5.63 Å². The molecular weight excluding hydrogens is 388 g/mol. The lowest BCUT2D eigenvalue weighted by Gasteiger charge is -2.31. The molecule has 0 bridgehead atoms. The molecule has 0 saturated carbocycles. The Bertz CT molecular complexity index is 1350. The summed E-state index contributed by atoms with van der Waals surface area (Å²) in [5.41, 5.74) is 9.83. The van der Waals surface area contributed by atoms with Crippen LogP contribution < -0.4 is 11.4 Å². The molecule has 4 aromatic rings. The lowest BCUT2D eigenvalue weighted by Crippen LogP contribution is -2.35. The number of likely N-dealkylation sites (tertiary alicyclic amines) is 1. The zero-order valence-electron chi connectivity index (χ0n) is 17.2. The Morgan fingerprint density at radius 2 is 1.94 bits per heavy atom. The highest BCUT2D eigenvalue weighted by atomic mass is 16.4. The van der Waals surface area contributed by atoms with Gasteiger partial charge in [-0.3, -0.25) is 4.90 Å². The van der Waals surface area contributed by atoms with Gasteiger partial charge in [0.1, 0.15) is 5.58 Å². The number of hydrogen-bond donors (Lipinski definition) is 2. The van der Waals surface area contributed by atoms with E-state index in [-0.39, 0.29) is 0 Å². The molecule has 0 radical (unpaired) electrons. The molecule has 31 heavy (non-hydrogen) atoms. The highest BCUT2D eigenvalue weighted by Gasteiger charge is 2.18. The van der Waals surface area contributed by atoms with E-state index in [1.807, 2.05) is 6.07 Å². The van der Waals surface area contributed by atoms with Crippen LogP contribution in [0.25, 0.3) is 33.1 Å². The molecule has 1 aliphatic rings. The standard InChI is InChI=1S/C25H24N4O2/c26-13-16-5-7-29(8-6-16)15-18-1-3-22-19(10-18)12-23(28-22)21-11-20-9-17(14-27)2-4-24(20)31-25(21)30/h1-4,9-12,16,28H,5-8,13,15,26H2. The van der Waals surface area contributed by atoms with E-state index in [1.165, 1.54) is 5.56 Å². The number of H-pyrrole nitrogens is 1. The highest BCUT2D eigenvalue weighted by Crippen LogP contribution is 2.27. The minimum Gasteiger partial charge on any atom is -0.422 e. The molecule has 2 aromatic carbocycles. The van der Waals surface area contributed by atoms with Gasteiger partial charge >= 0.3 is 5.63 Å². The van der Waals surface area contributed by atoms with Crippen molar-refractivity contribution >= 4 is 21.9 Å². The van der Waals surface area contributed by atoms with Crippen molar-refractivity contribution < 1.29 is 4.42 Å². The molecule has 5 rings (SSSR count). The number of aromatic amines is 1. The van der Waals surface area contributed by atoms with Crippen LogP contribution in [0, 0.1) is 17.2 Å². The maximum atomic E-state index is 12.6. The number of nitriles is 1. The quantitative estimate of drug-likeness (QED) is 0.494. The fourth-order valence-electron chi connectivity index (χ4n) is 4.44. The van der Waals surface area contributed by atoms with Gasteiger partial charge in [-0.15, -0.1) is 0 Å². The van der Waals surface area contributed by atoms with Crippen LogP contribution in [0.15, 0.2) is 57.7 Å². The number of aromatic nitrogens is 1. The highest BCUT2D eigenvalue weighted by molar-refractivity contribution is 5.88. The summed E-state index contributed by atoms with van der Waals surface area (Å²) in [6.45, 7) is 3.87. The van der Waals surface area contributed by atoms with Gasteiger partial charge in [0, 0.05) is 22.8 Å². The van der Waals surface area contributed by atoms with Gasteiger partial charge in [-0.1, -0.05) is 6.07 Å². The van der Waals surface area contributed by atoms with Gasteiger partial charge in [-0.25, -0.2) is 4.79 Å². The topological polar surface area (TPSA) is 99.1 Å². The minimum atomic E-state index is -0.397. The molecule has 6 nitrogen and oxygen atoms in total. The molecule has 3 heterocycles. The predicted molar refractivity (Wildman–Crippen MR) is 122 cm³/mol. The summed E-state index contributed by atoms with van der Waals surface area (Å²) in [4.78, 5) is 18.4. The second-order valence-electron chi connectivity index (χ2n) is 8.37. The van der Waals surface area contributed by atoms with Crippen molar-refractivity contribution in [2.24, 2.45) is 11.7 Å². The maximum Gasteiger partial charge on any atom is 0.345 e. The van der Waals surface area contributed by atoms with Crippen molar-refractivity contribution in [1.29, 1.82) is 5.26 Å². The van der Waals surface area contributed by atoms with E-state index in [0.717, 1.165) is 55.3 Å². The molecule has 1 saturated heterocycles. The SMILES string of the molecule is N#Cc1ccc2oc(=O)c(-c3cc4cc(CN5CCC(CN)CC5)ccc4[nH]3)cc2c1. The number of fused-ring (bicyclic) bond motifs is 2. The van der Waals surface area contributed by atoms with Crippen LogP contribution >= 0.6 is 0 Å². The molecule has 3 N–H and O–H groups in total. The van der Waals surface area contributed by atoms with Gasteiger partial charge in [-0.2, -0.15) is 5.26 Å². The fourth-order valence-corrected chi connectivity index (χ4v) is 4.44. The second kappa shape index (κ2) is 8.03. The summed E-state index contributed by atoms with van der Waals surface area (Å²) in [6.07, 6.45) is 2.33. The fraction of sp³-hybridized carbons (Fsp3) is 0.280. The Labute approximate surface area is 179 Å². The van der Waals surface area contributed by atoms with Gasteiger partial charge in [0.05, 0.1) is 22.9 Å². The number of hydrogen-bond acceptors (Lipinski definition) is 5. The van der Waals surface area contributed by atoms with Crippen LogP contribution in [0.3, 0.4) is 0 Å². The van der Waals surface area contributed by atoms with Gasteiger partial charge in [-0.05, 0) is 86.4 Å². The van der Waals surface area contributed by atoms with Crippen molar-refractivity contribution in [3.05, 3.63) is 70.1 Å². The first-order valence-electron chi connectivity index (χ1n) is 10.7. The Balaban J connectivity index is 1.44. The molecular formula is C25H24N4O2. The molecule has 2 aromatic heterocycles. The second-order valence-corrected chi connectivity index (χ2v) is 8.37. The monoisotopic (exact) mass is 412 g/mol. The van der Waals surface area contributed by atoms with Crippen molar-refractivity contribution in [3.8, 4) is 17.3 Å². The zero-order valence-corrected chi connectivity index (χ0v) is 17.2. The molecule has 0 unspecified atom stereocenters. The first-order valence-corrected chi connectivity index (χ1v) is 10.7. The van der Waals surface area contributed by atoms with E-state index in [4.69, 9.17) is 15.4 Å². The molecule has 0 spiro atoms. The van der Waals surface area contributed by atoms with Crippen LogP contribution in [0.4, 0.5) is 0 Å². The lowest BCUT2D eigenvalue weighted by atomic mass is 9.97. The van der Waals surface area contributed by atoms with Gasteiger partial charge < -0.3 is 15.1 Å². The Hall–Kier alpha value is -3.40. The predicted octanol–water partition coefficient (Wildman–Crippen LogP) is 3.98. The summed E-state index contributed by atoms with van der Waals surface area (Å²) in [6, 6.07) is 17.3. The van der Waals surface area contributed by atoms with Gasteiger partial charge in [0.15, 0.2) is 0 Å². The van der Waals surface area contributed by atoms with Gasteiger partial charge in [0.25, 0.3) is 0 Å². The number of nitrogens with zero attached hydrogens (tertiary/aromatic N) is 2. The first kappa shape index (κ1) is 19.6. The third-order valence-corrected chi connectivity index (χ3v) is 6.28. The van der Waals surface area contributed by atoms with E-state index in [1.54, 1.807) is 24.3 Å². The molecule has 156 valence electrons. The third-order valence-electron chi connectivity index (χ3n) is 6.28. The van der Waals surface area contributed by atoms with E-state index in [9.17, 15) is 4.79 Å². The van der Waals surface area contributed by atoms with Crippen LogP contribution in [-0.4, -0.2) is 29.5 Å². The lowest BCUT2D eigenvalue weighted by molar-refractivity contribution is 0.180. The maximum absolute atomic E-state index is 12.6. The molecule has 1 fully saturated rings. The number of piperidine rings is 1. The summed E-state index contributed by atoms with van der Waals surface area (Å²) in [7, 11) is 0. The summed E-state index contributed by atoms with van der Waals surface area (Å²) in [5.74, 6) is 0.656. The average Bonchev–Trinajstić information content (AvgIpc) is 3.22. The summed E-state index contributed by atoms with van der Waals surface area (Å²) < 4.78 is 5.48. The summed E-state index contributed by atoms with van der Waals surface area (Å²) >= 11 is 0. The van der Waals surface area contributed by atoms with Crippen molar-refractivity contribution in [2.75, 3.05) is 19.6 Å². The van der Waals surface area contributed by atoms with Crippen LogP contribution in [0.2, 0.25) is 0 Å². The molecule has 0 aliphatic carbocycles. The molecule has 0 amide bonds. The Morgan fingerprint density at radius 3 is 2.71 bits per heavy atom. The van der Waals surface area contributed by atoms with E-state index >= 15 is 0 Å². The Kier molecular flexibility index (Phi) is 5.06. The molecule has 0 atom stereocenters. The largest absolute Gasteiger partial charge is 0.422 e.